The zero-order valence-electron chi connectivity index (χ0n) is 14.6. The molecule has 0 aliphatic heterocycles. The van der Waals surface area contributed by atoms with Crippen LogP contribution in [0.3, 0.4) is 0 Å². The van der Waals surface area contributed by atoms with Crippen molar-refractivity contribution in [1.29, 1.82) is 0 Å². The van der Waals surface area contributed by atoms with Gasteiger partial charge in [0.15, 0.2) is 0 Å². The second-order valence-corrected chi connectivity index (χ2v) is 7.90. The third-order valence-corrected chi connectivity index (χ3v) is 4.40. The van der Waals surface area contributed by atoms with Gasteiger partial charge in [-0.25, -0.2) is 0 Å². The van der Waals surface area contributed by atoms with E-state index in [0.29, 0.717) is 0 Å². The van der Waals surface area contributed by atoms with Crippen molar-refractivity contribution >= 4 is 0 Å². The van der Waals surface area contributed by atoms with Crippen LogP contribution in [0.5, 0.6) is 0 Å². The Bertz CT molecular complexity index is 259. The number of rotatable bonds is 8. The summed E-state index contributed by atoms with van der Waals surface area (Å²) in [6, 6.07) is 0. The second kappa shape index (κ2) is 8.38. The molecule has 1 aliphatic rings. The quantitative estimate of drug-likeness (QED) is 0.638. The first-order valence-electron chi connectivity index (χ1n) is 8.76. The Labute approximate surface area is 127 Å². The van der Waals surface area contributed by atoms with Gasteiger partial charge < -0.3 is 10.1 Å². The van der Waals surface area contributed by atoms with Crippen molar-refractivity contribution in [3.05, 3.63) is 0 Å². The van der Waals surface area contributed by atoms with E-state index in [9.17, 15) is 0 Å². The van der Waals surface area contributed by atoms with E-state index >= 15 is 0 Å². The lowest BCUT2D eigenvalue weighted by atomic mass is 9.78. The highest BCUT2D eigenvalue weighted by molar-refractivity contribution is 4.91. The smallest absolute Gasteiger partial charge is 0.0809 e. The van der Waals surface area contributed by atoms with Gasteiger partial charge in [0.05, 0.1) is 5.60 Å². The number of ether oxygens (including phenoxy) is 1. The van der Waals surface area contributed by atoms with Gasteiger partial charge >= 0.3 is 0 Å². The zero-order valence-corrected chi connectivity index (χ0v) is 14.6. The average Bonchev–Trinajstić information content (AvgIpc) is 2.36. The number of hydrogen-bond acceptors (Lipinski definition) is 2. The molecule has 0 saturated heterocycles. The molecule has 0 bridgehead atoms. The van der Waals surface area contributed by atoms with Crippen LogP contribution in [0.1, 0.15) is 86.0 Å². The Morgan fingerprint density at radius 2 is 1.95 bits per heavy atom. The predicted molar refractivity (Wildman–Crippen MR) is 88.2 cm³/mol. The molecule has 2 nitrogen and oxygen atoms in total. The van der Waals surface area contributed by atoms with E-state index in [4.69, 9.17) is 4.74 Å². The summed E-state index contributed by atoms with van der Waals surface area (Å²) in [7, 11) is 0. The summed E-state index contributed by atoms with van der Waals surface area (Å²) in [4.78, 5) is 0. The molecule has 1 rings (SSSR count). The van der Waals surface area contributed by atoms with Gasteiger partial charge in [0.2, 0.25) is 0 Å². The second-order valence-electron chi connectivity index (χ2n) is 7.90. The van der Waals surface area contributed by atoms with E-state index in [1.165, 1.54) is 51.4 Å². The molecule has 0 spiro atoms. The Kier molecular flexibility index (Phi) is 7.53. The van der Waals surface area contributed by atoms with Crippen LogP contribution in [0, 0.1) is 5.92 Å². The number of nitrogens with one attached hydrogen (secondary N) is 1. The normalized spacial score (nSPS) is 27.8. The molecule has 1 fully saturated rings. The molecular weight excluding hydrogens is 246 g/mol. The minimum Gasteiger partial charge on any atom is -0.374 e. The van der Waals surface area contributed by atoms with Crippen molar-refractivity contribution in [3.63, 3.8) is 0 Å². The lowest BCUT2D eigenvalue weighted by Crippen LogP contribution is -2.51. The Balaban J connectivity index is 2.46. The fraction of sp³-hybridized carbons (Fsp3) is 1.00. The van der Waals surface area contributed by atoms with E-state index in [0.717, 1.165) is 19.1 Å². The highest BCUT2D eigenvalue weighted by Gasteiger charge is 2.36. The van der Waals surface area contributed by atoms with Crippen molar-refractivity contribution in [3.8, 4) is 0 Å². The van der Waals surface area contributed by atoms with Crippen LogP contribution in [0.15, 0.2) is 0 Å². The predicted octanol–water partition coefficient (Wildman–Crippen LogP) is 4.92. The molecule has 0 radical (unpaired) electrons. The summed E-state index contributed by atoms with van der Waals surface area (Å²) in [6.45, 7) is 13.3. The van der Waals surface area contributed by atoms with Crippen LogP contribution in [0.25, 0.3) is 0 Å². The molecule has 2 heteroatoms. The monoisotopic (exact) mass is 283 g/mol. The van der Waals surface area contributed by atoms with Gasteiger partial charge in [0.25, 0.3) is 0 Å². The lowest BCUT2D eigenvalue weighted by Gasteiger charge is -2.42. The van der Waals surface area contributed by atoms with Gasteiger partial charge in [-0.15, -0.1) is 0 Å². The van der Waals surface area contributed by atoms with Crippen LogP contribution in [0.2, 0.25) is 0 Å². The van der Waals surface area contributed by atoms with Crippen molar-refractivity contribution in [2.75, 3.05) is 13.2 Å². The molecule has 0 aromatic rings. The maximum Gasteiger partial charge on any atom is 0.0809 e. The standard InChI is InChI=1S/C18H37NO/c1-6-7-8-9-13-20-18(15-19-17(3,4)5)12-10-11-16(2)14-18/h16,19H,6-15H2,1-5H3. The van der Waals surface area contributed by atoms with Crippen LogP contribution in [-0.4, -0.2) is 24.3 Å². The SMILES string of the molecule is CCCCCCOC1(CNC(C)(C)C)CCCC(C)C1. The lowest BCUT2D eigenvalue weighted by molar-refractivity contribution is -0.0831. The third kappa shape index (κ3) is 7.08. The first-order valence-corrected chi connectivity index (χ1v) is 8.76. The maximum atomic E-state index is 6.42. The Hall–Kier alpha value is -0.0800. The van der Waals surface area contributed by atoms with Crippen LogP contribution >= 0.6 is 0 Å². The molecule has 0 aromatic heterocycles. The van der Waals surface area contributed by atoms with Gasteiger partial charge in [-0.1, -0.05) is 46.0 Å². The minimum atomic E-state index is 0.0944. The summed E-state index contributed by atoms with van der Waals surface area (Å²) >= 11 is 0. The summed E-state index contributed by atoms with van der Waals surface area (Å²) < 4.78 is 6.42. The maximum absolute atomic E-state index is 6.42. The molecule has 1 aliphatic carbocycles. The zero-order chi connectivity index (χ0) is 15.1. The minimum absolute atomic E-state index is 0.0944. The fourth-order valence-electron chi connectivity index (χ4n) is 3.20. The summed E-state index contributed by atoms with van der Waals surface area (Å²) in [5.41, 5.74) is 0.274. The summed E-state index contributed by atoms with van der Waals surface area (Å²) in [6.07, 6.45) is 10.3. The molecule has 1 saturated carbocycles. The first kappa shape index (κ1) is 18.0. The van der Waals surface area contributed by atoms with Gasteiger partial charge in [-0.3, -0.25) is 0 Å². The van der Waals surface area contributed by atoms with Crippen LogP contribution in [-0.2, 0) is 4.74 Å². The summed E-state index contributed by atoms with van der Waals surface area (Å²) in [5.74, 6) is 0.807. The van der Waals surface area contributed by atoms with Crippen molar-refractivity contribution in [1.82, 2.24) is 5.32 Å². The van der Waals surface area contributed by atoms with E-state index in [-0.39, 0.29) is 11.1 Å². The molecule has 2 unspecified atom stereocenters. The highest BCUT2D eigenvalue weighted by atomic mass is 16.5. The van der Waals surface area contributed by atoms with Gasteiger partial charge in [0.1, 0.15) is 0 Å². The molecule has 1 N–H and O–H groups in total. The fourth-order valence-corrected chi connectivity index (χ4v) is 3.20. The van der Waals surface area contributed by atoms with Gasteiger partial charge in [-0.05, 0) is 46.0 Å². The molecule has 0 amide bonds. The van der Waals surface area contributed by atoms with Gasteiger partial charge in [0, 0.05) is 18.7 Å². The third-order valence-electron chi connectivity index (χ3n) is 4.40. The van der Waals surface area contributed by atoms with E-state index in [1.54, 1.807) is 0 Å². The van der Waals surface area contributed by atoms with Crippen molar-refractivity contribution < 1.29 is 4.74 Å². The first-order chi connectivity index (χ1) is 9.37. The molecule has 0 aromatic carbocycles. The van der Waals surface area contributed by atoms with Crippen LogP contribution in [0.4, 0.5) is 0 Å². The molecule has 20 heavy (non-hydrogen) atoms. The highest BCUT2D eigenvalue weighted by Crippen LogP contribution is 2.35. The van der Waals surface area contributed by atoms with E-state index in [2.05, 4.69) is 39.9 Å². The van der Waals surface area contributed by atoms with Crippen molar-refractivity contribution in [2.24, 2.45) is 5.92 Å². The van der Waals surface area contributed by atoms with Crippen LogP contribution < -0.4 is 5.32 Å². The average molecular weight is 284 g/mol. The van der Waals surface area contributed by atoms with Gasteiger partial charge in [-0.2, -0.15) is 0 Å². The molecule has 120 valence electrons. The topological polar surface area (TPSA) is 21.3 Å². The van der Waals surface area contributed by atoms with Crippen molar-refractivity contribution in [2.45, 2.75) is 97.1 Å². The molecule has 0 heterocycles. The van der Waals surface area contributed by atoms with E-state index < -0.39 is 0 Å². The van der Waals surface area contributed by atoms with E-state index in [1.807, 2.05) is 0 Å². The largest absolute Gasteiger partial charge is 0.374 e. The number of hydrogen-bond donors (Lipinski definition) is 1. The molecular formula is C18H37NO. The summed E-state index contributed by atoms with van der Waals surface area (Å²) in [5, 5.41) is 3.68. The Morgan fingerprint density at radius 3 is 2.55 bits per heavy atom. The Morgan fingerprint density at radius 1 is 1.20 bits per heavy atom. The number of unbranched alkanes of at least 4 members (excludes halogenated alkanes) is 3. The molecule has 2 atom stereocenters.